The van der Waals surface area contributed by atoms with Crippen LogP contribution in [-0.2, 0) is 9.53 Å². The number of carbonyl (C=O) groups excluding carboxylic acids is 1. The Morgan fingerprint density at radius 2 is 2.07 bits per heavy atom. The van der Waals surface area contributed by atoms with Crippen molar-refractivity contribution in [1.82, 2.24) is 0 Å². The Labute approximate surface area is 81.0 Å². The highest BCUT2D eigenvalue weighted by atomic mass is 19.1. The lowest BCUT2D eigenvalue weighted by Gasteiger charge is -2.02. The zero-order chi connectivity index (χ0) is 10.4. The molecule has 0 radical (unpaired) electrons. The SMILES string of the molecule is NC(=O)C(=Cc1ccccc1)OCF. The number of halogens is 1. The van der Waals surface area contributed by atoms with Gasteiger partial charge >= 0.3 is 0 Å². The van der Waals surface area contributed by atoms with Gasteiger partial charge in [-0.15, -0.1) is 0 Å². The van der Waals surface area contributed by atoms with Gasteiger partial charge in [0.05, 0.1) is 0 Å². The Kier molecular flexibility index (Phi) is 3.67. The minimum Gasteiger partial charge on any atom is -0.457 e. The number of hydrogen-bond acceptors (Lipinski definition) is 2. The third kappa shape index (κ3) is 2.90. The van der Waals surface area contributed by atoms with Gasteiger partial charge in [-0.1, -0.05) is 30.3 Å². The summed E-state index contributed by atoms with van der Waals surface area (Å²) in [5.74, 6) is -0.967. The molecule has 4 heteroatoms. The summed E-state index contributed by atoms with van der Waals surface area (Å²) >= 11 is 0. The monoisotopic (exact) mass is 195 g/mol. The van der Waals surface area contributed by atoms with Crippen molar-refractivity contribution in [1.29, 1.82) is 0 Å². The van der Waals surface area contributed by atoms with Crippen LogP contribution >= 0.6 is 0 Å². The second-order valence-corrected chi connectivity index (χ2v) is 2.54. The lowest BCUT2D eigenvalue weighted by molar-refractivity contribution is -0.118. The van der Waals surface area contributed by atoms with Crippen molar-refractivity contribution in [3.05, 3.63) is 41.7 Å². The van der Waals surface area contributed by atoms with E-state index in [9.17, 15) is 9.18 Å². The summed E-state index contributed by atoms with van der Waals surface area (Å²) in [4.78, 5) is 10.8. The number of nitrogens with two attached hydrogens (primary N) is 1. The van der Waals surface area contributed by atoms with Crippen molar-refractivity contribution in [2.75, 3.05) is 6.86 Å². The lowest BCUT2D eigenvalue weighted by Crippen LogP contribution is -2.15. The number of carbonyl (C=O) groups is 1. The molecule has 0 fully saturated rings. The molecule has 1 rings (SSSR count). The average molecular weight is 195 g/mol. The minimum absolute atomic E-state index is 0.182. The van der Waals surface area contributed by atoms with E-state index in [2.05, 4.69) is 4.74 Å². The number of benzene rings is 1. The summed E-state index contributed by atoms with van der Waals surface area (Å²) in [5, 5.41) is 0. The quantitative estimate of drug-likeness (QED) is 0.584. The zero-order valence-electron chi connectivity index (χ0n) is 7.44. The number of alkyl halides is 1. The van der Waals surface area contributed by atoms with E-state index in [1.54, 1.807) is 24.3 Å². The van der Waals surface area contributed by atoms with Crippen LogP contribution in [0.5, 0.6) is 0 Å². The van der Waals surface area contributed by atoms with Gasteiger partial charge in [-0.25, -0.2) is 4.39 Å². The zero-order valence-corrected chi connectivity index (χ0v) is 7.44. The highest BCUT2D eigenvalue weighted by Crippen LogP contribution is 2.07. The van der Waals surface area contributed by atoms with Crippen molar-refractivity contribution in [3.63, 3.8) is 0 Å². The molecule has 1 amide bonds. The minimum atomic E-state index is -1.07. The number of ether oxygens (including phenoxy) is 1. The topological polar surface area (TPSA) is 52.3 Å². The van der Waals surface area contributed by atoms with Crippen LogP contribution < -0.4 is 5.73 Å². The van der Waals surface area contributed by atoms with Gasteiger partial charge in [0, 0.05) is 0 Å². The fraction of sp³-hybridized carbons (Fsp3) is 0.100. The van der Waals surface area contributed by atoms with E-state index < -0.39 is 12.8 Å². The van der Waals surface area contributed by atoms with Gasteiger partial charge in [0.25, 0.3) is 5.91 Å². The first-order valence-electron chi connectivity index (χ1n) is 3.99. The Morgan fingerprint density at radius 1 is 1.43 bits per heavy atom. The molecular weight excluding hydrogens is 185 g/mol. The molecule has 0 spiro atoms. The van der Waals surface area contributed by atoms with Crippen LogP contribution in [0.1, 0.15) is 5.56 Å². The molecule has 14 heavy (non-hydrogen) atoms. The number of hydrogen-bond donors (Lipinski definition) is 1. The van der Waals surface area contributed by atoms with E-state index >= 15 is 0 Å². The maximum Gasteiger partial charge on any atom is 0.283 e. The van der Waals surface area contributed by atoms with Gasteiger partial charge < -0.3 is 10.5 Å². The maximum atomic E-state index is 11.8. The smallest absolute Gasteiger partial charge is 0.283 e. The van der Waals surface area contributed by atoms with E-state index in [4.69, 9.17) is 5.73 Å². The van der Waals surface area contributed by atoms with Crippen LogP contribution in [0.15, 0.2) is 36.1 Å². The molecule has 0 aliphatic rings. The summed E-state index contributed by atoms with van der Waals surface area (Å²) in [6, 6.07) is 8.92. The van der Waals surface area contributed by atoms with Crippen LogP contribution in [0, 0.1) is 0 Å². The largest absolute Gasteiger partial charge is 0.457 e. The van der Waals surface area contributed by atoms with E-state index in [1.165, 1.54) is 6.08 Å². The van der Waals surface area contributed by atoms with Gasteiger partial charge in [-0.2, -0.15) is 0 Å². The van der Waals surface area contributed by atoms with Crippen LogP contribution in [-0.4, -0.2) is 12.8 Å². The third-order valence-electron chi connectivity index (χ3n) is 1.55. The van der Waals surface area contributed by atoms with Gasteiger partial charge in [0.1, 0.15) is 0 Å². The average Bonchev–Trinajstić information content (AvgIpc) is 2.18. The van der Waals surface area contributed by atoms with Crippen LogP contribution in [0.25, 0.3) is 6.08 Å². The summed E-state index contributed by atoms with van der Waals surface area (Å²) in [7, 11) is 0. The number of rotatable bonds is 4. The fourth-order valence-corrected chi connectivity index (χ4v) is 0.943. The number of primary amides is 1. The van der Waals surface area contributed by atoms with Crippen molar-refractivity contribution in [3.8, 4) is 0 Å². The number of amides is 1. The molecule has 3 nitrogen and oxygen atoms in total. The molecule has 0 aromatic heterocycles. The molecular formula is C10H10FNO2. The molecule has 0 atom stereocenters. The summed E-state index contributed by atoms with van der Waals surface area (Å²) in [6.45, 7) is -1.07. The molecule has 0 aliphatic carbocycles. The Balaban J connectivity index is 2.88. The van der Waals surface area contributed by atoms with Crippen molar-refractivity contribution in [2.45, 2.75) is 0 Å². The lowest BCUT2D eigenvalue weighted by atomic mass is 10.2. The van der Waals surface area contributed by atoms with Gasteiger partial charge in [0.15, 0.2) is 5.76 Å². The summed E-state index contributed by atoms with van der Waals surface area (Å²) in [6.07, 6.45) is 1.39. The Hall–Kier alpha value is -1.84. The molecule has 1 aromatic carbocycles. The Bertz CT molecular complexity index is 335. The molecule has 0 saturated heterocycles. The van der Waals surface area contributed by atoms with Crippen molar-refractivity contribution < 1.29 is 13.9 Å². The first kappa shape index (κ1) is 10.2. The predicted molar refractivity (Wildman–Crippen MR) is 50.7 cm³/mol. The standard InChI is InChI=1S/C10H10FNO2/c11-7-14-9(10(12)13)6-8-4-2-1-3-5-8/h1-6H,7H2,(H2,12,13). The highest BCUT2D eigenvalue weighted by molar-refractivity contribution is 5.94. The summed E-state index contributed by atoms with van der Waals surface area (Å²) < 4.78 is 16.3. The van der Waals surface area contributed by atoms with Crippen molar-refractivity contribution >= 4 is 12.0 Å². The van der Waals surface area contributed by atoms with E-state index in [0.29, 0.717) is 0 Å². The first-order valence-corrected chi connectivity index (χ1v) is 3.99. The van der Waals surface area contributed by atoms with Crippen molar-refractivity contribution in [2.24, 2.45) is 5.73 Å². The molecule has 0 saturated carbocycles. The first-order chi connectivity index (χ1) is 6.74. The van der Waals surface area contributed by atoms with Crippen LogP contribution in [0.2, 0.25) is 0 Å². The van der Waals surface area contributed by atoms with E-state index in [-0.39, 0.29) is 5.76 Å². The highest BCUT2D eigenvalue weighted by Gasteiger charge is 2.05. The molecule has 0 aliphatic heterocycles. The normalized spacial score (nSPS) is 11.1. The molecule has 0 bridgehead atoms. The van der Waals surface area contributed by atoms with E-state index in [1.807, 2.05) is 6.07 Å². The molecule has 2 N–H and O–H groups in total. The molecule has 0 unspecified atom stereocenters. The molecule has 0 heterocycles. The van der Waals surface area contributed by atoms with Gasteiger partial charge in [0.2, 0.25) is 6.86 Å². The predicted octanol–water partition coefficient (Wildman–Crippen LogP) is 1.46. The summed E-state index contributed by atoms with van der Waals surface area (Å²) in [5.41, 5.74) is 5.70. The van der Waals surface area contributed by atoms with E-state index in [0.717, 1.165) is 5.56 Å². The maximum absolute atomic E-state index is 11.8. The van der Waals surface area contributed by atoms with Crippen LogP contribution in [0.3, 0.4) is 0 Å². The Morgan fingerprint density at radius 3 is 2.57 bits per heavy atom. The second kappa shape index (κ2) is 5.01. The molecule has 1 aromatic rings. The third-order valence-corrected chi connectivity index (χ3v) is 1.55. The fourth-order valence-electron chi connectivity index (χ4n) is 0.943. The van der Waals surface area contributed by atoms with Crippen LogP contribution in [0.4, 0.5) is 4.39 Å². The molecule has 74 valence electrons. The second-order valence-electron chi connectivity index (χ2n) is 2.54. The van der Waals surface area contributed by atoms with Gasteiger partial charge in [-0.05, 0) is 11.6 Å². The van der Waals surface area contributed by atoms with Gasteiger partial charge in [-0.3, -0.25) is 4.79 Å².